The highest BCUT2D eigenvalue weighted by Gasteiger charge is 2.11. The van der Waals surface area contributed by atoms with Crippen LogP contribution in [-0.4, -0.2) is 23.9 Å². The largest absolute Gasteiger partial charge is 0.370 e. The Morgan fingerprint density at radius 1 is 1.42 bits per heavy atom. The SMILES string of the molecule is CNCc1c(Cl)cccc1N(C)Cc1cnn(C)c1. The predicted octanol–water partition coefficient (Wildman–Crippen LogP) is 2.43. The summed E-state index contributed by atoms with van der Waals surface area (Å²) in [6.45, 7) is 1.57. The molecule has 4 nitrogen and oxygen atoms in total. The van der Waals surface area contributed by atoms with Crippen LogP contribution in [-0.2, 0) is 20.1 Å². The highest BCUT2D eigenvalue weighted by molar-refractivity contribution is 6.31. The van der Waals surface area contributed by atoms with E-state index in [1.54, 1.807) is 0 Å². The fourth-order valence-electron chi connectivity index (χ4n) is 2.17. The molecule has 0 fully saturated rings. The van der Waals surface area contributed by atoms with Gasteiger partial charge in [0.25, 0.3) is 0 Å². The zero-order chi connectivity index (χ0) is 13.8. The van der Waals surface area contributed by atoms with Crippen molar-refractivity contribution in [1.29, 1.82) is 0 Å². The van der Waals surface area contributed by atoms with Crippen molar-refractivity contribution in [2.45, 2.75) is 13.1 Å². The van der Waals surface area contributed by atoms with E-state index in [4.69, 9.17) is 11.6 Å². The molecule has 1 aromatic carbocycles. The number of aromatic nitrogens is 2. The van der Waals surface area contributed by atoms with Gasteiger partial charge >= 0.3 is 0 Å². The lowest BCUT2D eigenvalue weighted by atomic mass is 10.1. The van der Waals surface area contributed by atoms with Gasteiger partial charge in [-0.05, 0) is 19.2 Å². The van der Waals surface area contributed by atoms with Crippen LogP contribution in [0.15, 0.2) is 30.6 Å². The average molecular weight is 279 g/mol. The van der Waals surface area contributed by atoms with E-state index in [-0.39, 0.29) is 0 Å². The minimum Gasteiger partial charge on any atom is -0.370 e. The van der Waals surface area contributed by atoms with Gasteiger partial charge in [0.15, 0.2) is 0 Å². The first kappa shape index (κ1) is 13.9. The highest BCUT2D eigenvalue weighted by Crippen LogP contribution is 2.27. The number of nitrogens with one attached hydrogen (secondary N) is 1. The van der Waals surface area contributed by atoms with Crippen molar-refractivity contribution < 1.29 is 0 Å². The van der Waals surface area contributed by atoms with Gasteiger partial charge in [-0.2, -0.15) is 5.10 Å². The highest BCUT2D eigenvalue weighted by atomic mass is 35.5. The summed E-state index contributed by atoms with van der Waals surface area (Å²) in [7, 11) is 5.92. The summed E-state index contributed by atoms with van der Waals surface area (Å²) in [5, 5.41) is 8.15. The lowest BCUT2D eigenvalue weighted by Gasteiger charge is -2.22. The summed E-state index contributed by atoms with van der Waals surface area (Å²) >= 11 is 6.28. The van der Waals surface area contributed by atoms with E-state index >= 15 is 0 Å². The Balaban J connectivity index is 2.23. The third-order valence-electron chi connectivity index (χ3n) is 3.04. The van der Waals surface area contributed by atoms with Crippen molar-refractivity contribution in [2.24, 2.45) is 7.05 Å². The molecular formula is C14H19ClN4. The maximum Gasteiger partial charge on any atom is 0.0539 e. The summed E-state index contributed by atoms with van der Waals surface area (Å²) in [6, 6.07) is 6.00. The molecule has 102 valence electrons. The monoisotopic (exact) mass is 278 g/mol. The first-order valence-corrected chi connectivity index (χ1v) is 6.60. The van der Waals surface area contributed by atoms with Gasteiger partial charge in [-0.1, -0.05) is 17.7 Å². The standard InChI is InChI=1S/C14H19ClN4/c1-16-8-12-13(15)5-4-6-14(12)18(2)9-11-7-17-19(3)10-11/h4-7,10,16H,8-9H2,1-3H3. The molecule has 1 heterocycles. The number of anilines is 1. The number of rotatable bonds is 5. The van der Waals surface area contributed by atoms with Crippen molar-refractivity contribution in [3.63, 3.8) is 0 Å². The lowest BCUT2D eigenvalue weighted by molar-refractivity contribution is 0.766. The summed E-state index contributed by atoms with van der Waals surface area (Å²) in [6.07, 6.45) is 3.91. The normalized spacial score (nSPS) is 10.7. The second-order valence-corrected chi connectivity index (χ2v) is 5.05. The van der Waals surface area contributed by atoms with Crippen molar-refractivity contribution in [3.8, 4) is 0 Å². The predicted molar refractivity (Wildman–Crippen MR) is 79.5 cm³/mol. The molecule has 2 rings (SSSR count). The molecule has 0 radical (unpaired) electrons. The van der Waals surface area contributed by atoms with Crippen LogP contribution in [0.3, 0.4) is 0 Å². The molecule has 0 saturated carbocycles. The van der Waals surface area contributed by atoms with Crippen LogP contribution in [0.2, 0.25) is 5.02 Å². The quantitative estimate of drug-likeness (QED) is 0.912. The second kappa shape index (κ2) is 6.08. The van der Waals surface area contributed by atoms with E-state index < -0.39 is 0 Å². The molecule has 19 heavy (non-hydrogen) atoms. The Bertz CT molecular complexity index is 550. The van der Waals surface area contributed by atoms with Gasteiger partial charge in [0, 0.05) is 55.2 Å². The van der Waals surface area contributed by atoms with Gasteiger partial charge in [0.1, 0.15) is 0 Å². The third kappa shape index (κ3) is 3.28. The zero-order valence-electron chi connectivity index (χ0n) is 11.5. The molecular weight excluding hydrogens is 260 g/mol. The zero-order valence-corrected chi connectivity index (χ0v) is 12.3. The molecule has 0 atom stereocenters. The summed E-state index contributed by atoms with van der Waals surface area (Å²) in [4.78, 5) is 2.19. The first-order valence-electron chi connectivity index (χ1n) is 6.22. The summed E-state index contributed by atoms with van der Waals surface area (Å²) < 4.78 is 1.82. The first-order chi connectivity index (χ1) is 9.11. The molecule has 1 N–H and O–H groups in total. The number of aryl methyl sites for hydroxylation is 1. The molecule has 0 bridgehead atoms. The maximum atomic E-state index is 6.28. The minimum absolute atomic E-state index is 0.756. The van der Waals surface area contributed by atoms with Gasteiger partial charge in [-0.3, -0.25) is 4.68 Å². The fourth-order valence-corrected chi connectivity index (χ4v) is 2.41. The number of nitrogens with zero attached hydrogens (tertiary/aromatic N) is 3. The van der Waals surface area contributed by atoms with Crippen LogP contribution >= 0.6 is 11.6 Å². The molecule has 0 aliphatic rings. The average Bonchev–Trinajstić information content (AvgIpc) is 2.77. The minimum atomic E-state index is 0.756. The molecule has 5 heteroatoms. The Labute approximate surface area is 119 Å². The second-order valence-electron chi connectivity index (χ2n) is 4.65. The Kier molecular flexibility index (Phi) is 4.45. The van der Waals surface area contributed by atoms with Gasteiger partial charge in [-0.25, -0.2) is 0 Å². The maximum absolute atomic E-state index is 6.28. The van der Waals surface area contributed by atoms with Crippen LogP contribution in [0.4, 0.5) is 5.69 Å². The topological polar surface area (TPSA) is 33.1 Å². The number of hydrogen-bond acceptors (Lipinski definition) is 3. The Morgan fingerprint density at radius 3 is 2.84 bits per heavy atom. The van der Waals surface area contributed by atoms with E-state index in [0.717, 1.165) is 29.4 Å². The number of hydrogen-bond donors (Lipinski definition) is 1. The van der Waals surface area contributed by atoms with Crippen LogP contribution in [0.25, 0.3) is 0 Å². The molecule has 0 aliphatic heterocycles. The molecule has 0 aliphatic carbocycles. The van der Waals surface area contributed by atoms with Gasteiger partial charge in [0.05, 0.1) is 6.20 Å². The van der Waals surface area contributed by atoms with E-state index in [0.29, 0.717) is 0 Å². The van der Waals surface area contributed by atoms with E-state index in [1.165, 1.54) is 5.56 Å². The van der Waals surface area contributed by atoms with Crippen LogP contribution in [0.1, 0.15) is 11.1 Å². The Morgan fingerprint density at radius 2 is 2.21 bits per heavy atom. The smallest absolute Gasteiger partial charge is 0.0539 e. The summed E-state index contributed by atoms with van der Waals surface area (Å²) in [5.74, 6) is 0. The van der Waals surface area contributed by atoms with Crippen LogP contribution in [0, 0.1) is 0 Å². The molecule has 1 aromatic heterocycles. The molecule has 0 unspecified atom stereocenters. The number of benzene rings is 1. The lowest BCUT2D eigenvalue weighted by Crippen LogP contribution is -2.19. The third-order valence-corrected chi connectivity index (χ3v) is 3.39. The van der Waals surface area contributed by atoms with E-state index in [1.807, 2.05) is 43.3 Å². The molecule has 0 saturated heterocycles. The van der Waals surface area contributed by atoms with Crippen molar-refractivity contribution in [1.82, 2.24) is 15.1 Å². The van der Waals surface area contributed by atoms with E-state index in [2.05, 4.69) is 28.4 Å². The van der Waals surface area contributed by atoms with Crippen molar-refractivity contribution in [2.75, 3.05) is 19.0 Å². The molecule has 2 aromatic rings. The van der Waals surface area contributed by atoms with Gasteiger partial charge in [0.2, 0.25) is 0 Å². The fraction of sp³-hybridized carbons (Fsp3) is 0.357. The van der Waals surface area contributed by atoms with Crippen molar-refractivity contribution in [3.05, 3.63) is 46.7 Å². The van der Waals surface area contributed by atoms with Gasteiger partial charge < -0.3 is 10.2 Å². The summed E-state index contributed by atoms with van der Waals surface area (Å²) in [5.41, 5.74) is 3.45. The van der Waals surface area contributed by atoms with Crippen LogP contribution in [0.5, 0.6) is 0 Å². The van der Waals surface area contributed by atoms with Crippen molar-refractivity contribution >= 4 is 17.3 Å². The molecule has 0 amide bonds. The van der Waals surface area contributed by atoms with Crippen LogP contribution < -0.4 is 10.2 Å². The van der Waals surface area contributed by atoms with Gasteiger partial charge in [-0.15, -0.1) is 0 Å². The van der Waals surface area contributed by atoms with E-state index in [9.17, 15) is 0 Å². The number of halogens is 1. The Hall–Kier alpha value is -1.52. The molecule has 0 spiro atoms.